The molecule has 3 rings (SSSR count). The van der Waals surface area contributed by atoms with E-state index in [0.717, 1.165) is 28.9 Å². The monoisotopic (exact) mass is 399 g/mol. The molecule has 29 heavy (non-hydrogen) atoms. The first-order chi connectivity index (χ1) is 14.1. The van der Waals surface area contributed by atoms with E-state index in [-0.39, 0.29) is 17.8 Å². The number of rotatable bonds is 9. The third-order valence-corrected chi connectivity index (χ3v) is 5.00. The number of nitrogens with one attached hydrogen (secondary N) is 2. The van der Waals surface area contributed by atoms with Crippen LogP contribution in [-0.4, -0.2) is 38.9 Å². The Morgan fingerprint density at radius 1 is 1.21 bits per heavy atom. The fourth-order valence-electron chi connectivity index (χ4n) is 3.32. The van der Waals surface area contributed by atoms with Crippen LogP contribution in [0.25, 0.3) is 0 Å². The summed E-state index contributed by atoms with van der Waals surface area (Å²) in [6.45, 7) is 6.37. The Bertz CT molecular complexity index is 841. The first-order valence-corrected chi connectivity index (χ1v) is 10.1. The summed E-state index contributed by atoms with van der Waals surface area (Å²) in [6, 6.07) is 13.3. The molecular weight excluding hydrogens is 369 g/mol. The zero-order valence-electron chi connectivity index (χ0n) is 17.4. The predicted octanol–water partition coefficient (Wildman–Crippen LogP) is 3.77. The number of nitrogens with zero attached hydrogens (tertiary/aromatic N) is 1. The third-order valence-electron chi connectivity index (χ3n) is 5.00. The summed E-state index contributed by atoms with van der Waals surface area (Å²) < 4.78 is 25.2. The van der Waals surface area contributed by atoms with E-state index in [2.05, 4.69) is 27.8 Å². The summed E-state index contributed by atoms with van der Waals surface area (Å²) in [5.41, 5.74) is 2.97. The van der Waals surface area contributed by atoms with Crippen LogP contribution in [0.5, 0.6) is 5.75 Å². The van der Waals surface area contributed by atoms with Crippen LogP contribution < -0.4 is 15.4 Å². The molecule has 2 unspecified atom stereocenters. The lowest BCUT2D eigenvalue weighted by atomic mass is 10.1. The highest BCUT2D eigenvalue weighted by Gasteiger charge is 2.40. The van der Waals surface area contributed by atoms with Crippen LogP contribution in [0.4, 0.5) is 4.39 Å². The van der Waals surface area contributed by atoms with Gasteiger partial charge in [-0.25, -0.2) is 4.39 Å². The van der Waals surface area contributed by atoms with Gasteiger partial charge in [-0.2, -0.15) is 0 Å². The molecule has 0 amide bonds. The second-order valence-electron chi connectivity index (χ2n) is 7.20. The molecule has 5 nitrogen and oxygen atoms in total. The van der Waals surface area contributed by atoms with Crippen LogP contribution in [0, 0.1) is 12.7 Å². The van der Waals surface area contributed by atoms with Crippen molar-refractivity contribution in [1.82, 2.24) is 10.6 Å². The van der Waals surface area contributed by atoms with Gasteiger partial charge in [-0.3, -0.25) is 4.99 Å². The van der Waals surface area contributed by atoms with Crippen LogP contribution in [0.3, 0.4) is 0 Å². The summed E-state index contributed by atoms with van der Waals surface area (Å²) in [4.78, 5) is 4.31. The van der Waals surface area contributed by atoms with Crippen molar-refractivity contribution in [2.24, 2.45) is 4.99 Å². The highest BCUT2D eigenvalue weighted by Crippen LogP contribution is 2.41. The Hall–Kier alpha value is -2.60. The van der Waals surface area contributed by atoms with Gasteiger partial charge in [-0.05, 0) is 43.5 Å². The molecule has 2 aromatic carbocycles. The molecule has 0 bridgehead atoms. The molecule has 2 N–H and O–H groups in total. The van der Waals surface area contributed by atoms with Crippen LogP contribution in [-0.2, 0) is 11.3 Å². The van der Waals surface area contributed by atoms with Gasteiger partial charge in [0.2, 0.25) is 0 Å². The van der Waals surface area contributed by atoms with Crippen LogP contribution in [0.2, 0.25) is 0 Å². The minimum Gasteiger partial charge on any atom is -0.491 e. The van der Waals surface area contributed by atoms with Crippen molar-refractivity contribution in [1.29, 1.82) is 0 Å². The van der Waals surface area contributed by atoms with Gasteiger partial charge in [-0.15, -0.1) is 0 Å². The maximum Gasteiger partial charge on any atom is 0.191 e. The zero-order valence-corrected chi connectivity index (χ0v) is 17.4. The number of ether oxygens (including phenoxy) is 2. The maximum atomic E-state index is 14.0. The fraction of sp³-hybridized carbons (Fsp3) is 0.435. The smallest absolute Gasteiger partial charge is 0.191 e. The van der Waals surface area contributed by atoms with Crippen molar-refractivity contribution in [3.63, 3.8) is 0 Å². The van der Waals surface area contributed by atoms with E-state index in [1.165, 1.54) is 6.07 Å². The van der Waals surface area contributed by atoms with E-state index in [1.54, 1.807) is 13.1 Å². The van der Waals surface area contributed by atoms with Crippen molar-refractivity contribution in [2.45, 2.75) is 38.8 Å². The largest absolute Gasteiger partial charge is 0.491 e. The van der Waals surface area contributed by atoms with E-state index in [9.17, 15) is 4.39 Å². The minimum atomic E-state index is -0.141. The lowest BCUT2D eigenvalue weighted by Gasteiger charge is -2.16. The minimum absolute atomic E-state index is 0.141. The topological polar surface area (TPSA) is 54.9 Å². The molecule has 1 aliphatic rings. The fourth-order valence-corrected chi connectivity index (χ4v) is 3.32. The maximum absolute atomic E-state index is 14.0. The van der Waals surface area contributed by atoms with Gasteiger partial charge in [0.1, 0.15) is 18.2 Å². The molecule has 0 saturated heterocycles. The summed E-state index contributed by atoms with van der Waals surface area (Å²) in [5, 5.41) is 6.73. The Labute approximate surface area is 172 Å². The van der Waals surface area contributed by atoms with E-state index in [1.807, 2.05) is 32.0 Å². The van der Waals surface area contributed by atoms with Crippen LogP contribution in [0.15, 0.2) is 47.5 Å². The number of hydrogen-bond acceptors (Lipinski definition) is 3. The summed E-state index contributed by atoms with van der Waals surface area (Å²) in [5.74, 6) is 1.60. The summed E-state index contributed by atoms with van der Waals surface area (Å²) in [7, 11) is 1.74. The SMILES string of the molecule is CCOCCOc1cc(C)ccc1CNC(=NC)NC1CC1c1ccccc1F. The molecule has 0 heterocycles. The second-order valence-corrected chi connectivity index (χ2v) is 7.20. The molecular formula is C23H30FN3O2. The Morgan fingerprint density at radius 3 is 2.79 bits per heavy atom. The van der Waals surface area contributed by atoms with E-state index >= 15 is 0 Å². The Morgan fingerprint density at radius 2 is 2.03 bits per heavy atom. The van der Waals surface area contributed by atoms with Gasteiger partial charge in [0.15, 0.2) is 5.96 Å². The highest BCUT2D eigenvalue weighted by molar-refractivity contribution is 5.80. The number of benzene rings is 2. The molecule has 1 aliphatic carbocycles. The van der Waals surface area contributed by atoms with Crippen molar-refractivity contribution < 1.29 is 13.9 Å². The van der Waals surface area contributed by atoms with Crippen LogP contribution in [0.1, 0.15) is 36.0 Å². The molecule has 6 heteroatoms. The number of aliphatic imine (C=N–C) groups is 1. The molecule has 1 saturated carbocycles. The standard InChI is InChI=1S/C23H30FN3O2/c1-4-28-11-12-29-22-13-16(2)9-10-17(22)15-26-23(25-3)27-21-14-19(21)18-7-5-6-8-20(18)24/h5-10,13,19,21H,4,11-12,14-15H2,1-3H3,(H2,25,26,27). The predicted molar refractivity (Wildman–Crippen MR) is 114 cm³/mol. The van der Waals surface area contributed by atoms with E-state index in [4.69, 9.17) is 9.47 Å². The van der Waals surface area contributed by atoms with E-state index < -0.39 is 0 Å². The molecule has 2 atom stereocenters. The van der Waals surface area contributed by atoms with Gasteiger partial charge in [0, 0.05) is 37.7 Å². The molecule has 1 fully saturated rings. The van der Waals surface area contributed by atoms with Crippen molar-refractivity contribution >= 4 is 5.96 Å². The number of hydrogen-bond donors (Lipinski definition) is 2. The number of halogens is 1. The summed E-state index contributed by atoms with van der Waals surface area (Å²) in [6.07, 6.45) is 0.901. The van der Waals surface area contributed by atoms with Crippen molar-refractivity contribution in [2.75, 3.05) is 26.9 Å². The molecule has 0 radical (unpaired) electrons. The zero-order chi connectivity index (χ0) is 20.6. The molecule has 2 aromatic rings. The highest BCUT2D eigenvalue weighted by atomic mass is 19.1. The average Bonchev–Trinajstić information content (AvgIpc) is 3.48. The normalized spacial score (nSPS) is 18.4. The van der Waals surface area contributed by atoms with Crippen LogP contribution >= 0.6 is 0 Å². The van der Waals surface area contributed by atoms with Gasteiger partial charge < -0.3 is 20.1 Å². The average molecular weight is 400 g/mol. The van der Waals surface area contributed by atoms with Crippen molar-refractivity contribution in [3.8, 4) is 5.75 Å². The number of guanidine groups is 1. The second kappa shape index (κ2) is 10.3. The lowest BCUT2D eigenvalue weighted by Crippen LogP contribution is -2.38. The van der Waals surface area contributed by atoms with E-state index in [0.29, 0.717) is 32.3 Å². The van der Waals surface area contributed by atoms with Gasteiger partial charge in [-0.1, -0.05) is 30.3 Å². The Balaban J connectivity index is 1.54. The molecule has 0 aliphatic heterocycles. The summed E-state index contributed by atoms with van der Waals surface area (Å²) >= 11 is 0. The quantitative estimate of drug-likeness (QED) is 0.383. The molecule has 0 spiro atoms. The van der Waals surface area contributed by atoms with Crippen molar-refractivity contribution in [3.05, 3.63) is 65.0 Å². The first kappa shape index (κ1) is 21.1. The molecule has 156 valence electrons. The molecule has 0 aromatic heterocycles. The Kier molecular flexibility index (Phi) is 7.47. The number of aryl methyl sites for hydroxylation is 1. The van der Waals surface area contributed by atoms with Gasteiger partial charge in [0.05, 0.1) is 6.61 Å². The lowest BCUT2D eigenvalue weighted by molar-refractivity contribution is 0.110. The third kappa shape index (κ3) is 5.94. The van der Waals surface area contributed by atoms with Gasteiger partial charge >= 0.3 is 0 Å². The van der Waals surface area contributed by atoms with Gasteiger partial charge in [0.25, 0.3) is 0 Å². The first-order valence-electron chi connectivity index (χ1n) is 10.1.